The van der Waals surface area contributed by atoms with Gasteiger partial charge < -0.3 is 20.9 Å². The first-order valence-corrected chi connectivity index (χ1v) is 6.53. The largest absolute Gasteiger partial charge is 0.409 e. The van der Waals surface area contributed by atoms with E-state index in [1.54, 1.807) is 0 Å². The lowest BCUT2D eigenvalue weighted by Gasteiger charge is -2.16. The highest BCUT2D eigenvalue weighted by Crippen LogP contribution is 2.08. The Hall–Kier alpha value is -1.59. The Morgan fingerprint density at radius 3 is 2.79 bits per heavy atom. The van der Waals surface area contributed by atoms with Gasteiger partial charge in [0.15, 0.2) is 5.84 Å². The van der Waals surface area contributed by atoms with Crippen LogP contribution in [-0.2, 0) is 6.54 Å². The molecule has 0 amide bonds. The van der Waals surface area contributed by atoms with Crippen molar-refractivity contribution in [2.75, 3.05) is 20.2 Å². The fraction of sp³-hybridized carbons (Fsp3) is 0.500. The second-order valence-electron chi connectivity index (χ2n) is 4.71. The van der Waals surface area contributed by atoms with Crippen molar-refractivity contribution in [3.8, 4) is 0 Å². The maximum Gasteiger partial charge on any atom is 0.170 e. The summed E-state index contributed by atoms with van der Waals surface area (Å²) in [6.07, 6.45) is 2.99. The van der Waals surface area contributed by atoms with E-state index in [2.05, 4.69) is 17.1 Å². The van der Waals surface area contributed by atoms with Gasteiger partial charge in [-0.15, -0.1) is 0 Å². The molecule has 106 valence electrons. The molecule has 0 atom stereocenters. The highest BCUT2D eigenvalue weighted by molar-refractivity contribution is 5.97. The van der Waals surface area contributed by atoms with Gasteiger partial charge in [-0.1, -0.05) is 23.4 Å². The Morgan fingerprint density at radius 2 is 2.11 bits per heavy atom. The van der Waals surface area contributed by atoms with Crippen LogP contribution < -0.4 is 5.73 Å². The number of benzene rings is 1. The van der Waals surface area contributed by atoms with Gasteiger partial charge in [0, 0.05) is 18.7 Å². The fourth-order valence-corrected chi connectivity index (χ4v) is 1.95. The van der Waals surface area contributed by atoms with Crippen LogP contribution in [0.15, 0.2) is 29.4 Å². The van der Waals surface area contributed by atoms with Crippen molar-refractivity contribution in [3.05, 3.63) is 35.4 Å². The van der Waals surface area contributed by atoms with Crippen molar-refractivity contribution >= 4 is 5.84 Å². The third-order valence-electron chi connectivity index (χ3n) is 2.98. The van der Waals surface area contributed by atoms with E-state index in [0.717, 1.165) is 43.5 Å². The molecule has 5 nitrogen and oxygen atoms in total. The number of oxime groups is 1. The van der Waals surface area contributed by atoms with Gasteiger partial charge in [0.25, 0.3) is 0 Å². The first-order chi connectivity index (χ1) is 9.17. The summed E-state index contributed by atoms with van der Waals surface area (Å²) >= 11 is 0. The molecule has 0 aliphatic heterocycles. The van der Waals surface area contributed by atoms with Crippen molar-refractivity contribution < 1.29 is 10.3 Å². The first kappa shape index (κ1) is 15.5. The second-order valence-corrected chi connectivity index (χ2v) is 4.71. The van der Waals surface area contributed by atoms with E-state index in [1.165, 1.54) is 0 Å². The Balaban J connectivity index is 2.48. The van der Waals surface area contributed by atoms with Crippen molar-refractivity contribution in [2.45, 2.75) is 25.8 Å². The van der Waals surface area contributed by atoms with Gasteiger partial charge in [-0.2, -0.15) is 0 Å². The van der Waals surface area contributed by atoms with Crippen LogP contribution in [0.25, 0.3) is 0 Å². The van der Waals surface area contributed by atoms with E-state index in [1.807, 2.05) is 24.3 Å². The molecule has 0 unspecified atom stereocenters. The number of hydrogen-bond donors (Lipinski definition) is 3. The lowest BCUT2D eigenvalue weighted by Crippen LogP contribution is -2.20. The summed E-state index contributed by atoms with van der Waals surface area (Å²) in [6, 6.07) is 7.68. The van der Waals surface area contributed by atoms with E-state index in [-0.39, 0.29) is 12.4 Å². The number of aliphatic hydroxyl groups excluding tert-OH is 1. The molecule has 0 radical (unpaired) electrons. The van der Waals surface area contributed by atoms with Gasteiger partial charge >= 0.3 is 0 Å². The third kappa shape index (κ3) is 5.72. The standard InChI is InChI=1S/C14H23N3O2/c1-17(8-3-2-4-9-18)11-12-6-5-7-13(10-12)14(15)16-19/h5-7,10,18-19H,2-4,8-9,11H2,1H3,(H2,15,16). The van der Waals surface area contributed by atoms with Gasteiger partial charge in [0.05, 0.1) is 0 Å². The maximum absolute atomic E-state index is 8.72. The predicted molar refractivity (Wildman–Crippen MR) is 76.2 cm³/mol. The Labute approximate surface area is 114 Å². The van der Waals surface area contributed by atoms with Crippen LogP contribution in [0.1, 0.15) is 30.4 Å². The number of amidine groups is 1. The molecule has 0 aliphatic carbocycles. The molecule has 0 bridgehead atoms. The molecule has 0 fully saturated rings. The van der Waals surface area contributed by atoms with Gasteiger partial charge in [0.1, 0.15) is 0 Å². The number of nitrogens with zero attached hydrogens (tertiary/aromatic N) is 2. The summed E-state index contributed by atoms with van der Waals surface area (Å²) in [5, 5.41) is 20.4. The first-order valence-electron chi connectivity index (χ1n) is 6.53. The summed E-state index contributed by atoms with van der Waals surface area (Å²) in [5.74, 6) is 0.132. The lowest BCUT2D eigenvalue weighted by molar-refractivity contribution is 0.271. The smallest absolute Gasteiger partial charge is 0.170 e. The van der Waals surface area contributed by atoms with E-state index < -0.39 is 0 Å². The number of rotatable bonds is 8. The van der Waals surface area contributed by atoms with Crippen LogP contribution in [0.4, 0.5) is 0 Å². The fourth-order valence-electron chi connectivity index (χ4n) is 1.95. The highest BCUT2D eigenvalue weighted by Gasteiger charge is 2.03. The van der Waals surface area contributed by atoms with Crippen LogP contribution in [-0.4, -0.2) is 41.2 Å². The van der Waals surface area contributed by atoms with Crippen LogP contribution in [0.3, 0.4) is 0 Å². The minimum absolute atomic E-state index is 0.132. The van der Waals surface area contributed by atoms with E-state index >= 15 is 0 Å². The minimum Gasteiger partial charge on any atom is -0.409 e. The Kier molecular flexibility index (Phi) is 6.92. The number of unbranched alkanes of at least 4 members (excludes halogenated alkanes) is 2. The molecule has 0 heterocycles. The molecule has 1 aromatic rings. The van der Waals surface area contributed by atoms with Crippen molar-refractivity contribution in [1.29, 1.82) is 0 Å². The number of hydrogen-bond acceptors (Lipinski definition) is 4. The third-order valence-corrected chi connectivity index (χ3v) is 2.98. The van der Waals surface area contributed by atoms with Crippen molar-refractivity contribution in [1.82, 2.24) is 4.90 Å². The van der Waals surface area contributed by atoms with Gasteiger partial charge in [-0.25, -0.2) is 0 Å². The van der Waals surface area contributed by atoms with E-state index in [4.69, 9.17) is 16.0 Å². The molecule has 0 spiro atoms. The minimum atomic E-state index is 0.132. The molecule has 0 aliphatic rings. The van der Waals surface area contributed by atoms with Gasteiger partial charge in [-0.3, -0.25) is 0 Å². The van der Waals surface area contributed by atoms with Gasteiger partial charge in [0.2, 0.25) is 0 Å². The van der Waals surface area contributed by atoms with Crippen LogP contribution in [0, 0.1) is 0 Å². The molecule has 0 aromatic heterocycles. The zero-order chi connectivity index (χ0) is 14.1. The average Bonchev–Trinajstić information content (AvgIpc) is 2.43. The molecule has 1 aromatic carbocycles. The summed E-state index contributed by atoms with van der Waals surface area (Å²) in [4.78, 5) is 2.22. The molecule has 0 saturated heterocycles. The van der Waals surface area contributed by atoms with E-state index in [9.17, 15) is 0 Å². The molecular formula is C14H23N3O2. The average molecular weight is 265 g/mol. The summed E-state index contributed by atoms with van der Waals surface area (Å²) in [6.45, 7) is 2.09. The lowest BCUT2D eigenvalue weighted by atomic mass is 10.1. The van der Waals surface area contributed by atoms with Crippen LogP contribution >= 0.6 is 0 Å². The quantitative estimate of drug-likeness (QED) is 0.218. The van der Waals surface area contributed by atoms with Gasteiger partial charge in [-0.05, 0) is 44.5 Å². The van der Waals surface area contributed by atoms with Crippen molar-refractivity contribution in [3.63, 3.8) is 0 Å². The SMILES string of the molecule is CN(CCCCCO)Cc1cccc(/C(N)=N/O)c1. The maximum atomic E-state index is 8.72. The summed E-state index contributed by atoms with van der Waals surface area (Å²) in [5.41, 5.74) is 7.43. The Morgan fingerprint density at radius 1 is 1.32 bits per heavy atom. The zero-order valence-corrected chi connectivity index (χ0v) is 11.4. The summed E-state index contributed by atoms with van der Waals surface area (Å²) in [7, 11) is 2.06. The van der Waals surface area contributed by atoms with Crippen LogP contribution in [0.2, 0.25) is 0 Å². The molecule has 5 heteroatoms. The molecule has 4 N–H and O–H groups in total. The van der Waals surface area contributed by atoms with Crippen molar-refractivity contribution in [2.24, 2.45) is 10.9 Å². The summed E-state index contributed by atoms with van der Waals surface area (Å²) < 4.78 is 0. The monoisotopic (exact) mass is 265 g/mol. The normalized spacial score (nSPS) is 12.1. The predicted octanol–water partition coefficient (Wildman–Crippen LogP) is 1.38. The highest BCUT2D eigenvalue weighted by atomic mass is 16.4. The molecule has 0 saturated carbocycles. The topological polar surface area (TPSA) is 82.1 Å². The van der Waals surface area contributed by atoms with E-state index in [0.29, 0.717) is 0 Å². The number of nitrogens with two attached hydrogens (primary N) is 1. The zero-order valence-electron chi connectivity index (χ0n) is 11.4. The molecule has 1 rings (SSSR count). The molecule has 19 heavy (non-hydrogen) atoms. The van der Waals surface area contributed by atoms with Crippen LogP contribution in [0.5, 0.6) is 0 Å². The number of aliphatic hydroxyl groups is 1. The molecular weight excluding hydrogens is 242 g/mol. The Bertz CT molecular complexity index is 407. The second kappa shape index (κ2) is 8.50.